The van der Waals surface area contributed by atoms with Crippen LogP contribution in [0.3, 0.4) is 0 Å². The molecule has 0 fully saturated rings. The van der Waals surface area contributed by atoms with Crippen molar-refractivity contribution in [1.82, 2.24) is 5.32 Å². The zero-order chi connectivity index (χ0) is 16.7. The van der Waals surface area contributed by atoms with Crippen LogP contribution < -0.4 is 10.1 Å². The topological polar surface area (TPSA) is 55.4 Å². The van der Waals surface area contributed by atoms with Gasteiger partial charge in [0.05, 0.1) is 13.7 Å². The quantitative estimate of drug-likeness (QED) is 0.698. The number of ketones is 1. The average Bonchev–Trinajstić information content (AvgIpc) is 2.59. The molecule has 0 aliphatic heterocycles. The monoisotopic (exact) mass is 307 g/mol. The minimum Gasteiger partial charge on any atom is -0.497 e. The number of hydrogen-bond acceptors (Lipinski definition) is 3. The van der Waals surface area contributed by atoms with Crippen molar-refractivity contribution in [1.29, 1.82) is 0 Å². The van der Waals surface area contributed by atoms with Gasteiger partial charge in [-0.1, -0.05) is 30.0 Å². The van der Waals surface area contributed by atoms with Gasteiger partial charge in [0, 0.05) is 16.7 Å². The first-order valence-corrected chi connectivity index (χ1v) is 7.12. The van der Waals surface area contributed by atoms with Crippen molar-refractivity contribution < 1.29 is 14.3 Å². The van der Waals surface area contributed by atoms with Crippen LogP contribution in [0.4, 0.5) is 0 Å². The minimum absolute atomic E-state index is 0.0232. The minimum atomic E-state index is -0.204. The van der Waals surface area contributed by atoms with Crippen LogP contribution in [0.15, 0.2) is 48.5 Å². The number of rotatable bonds is 4. The van der Waals surface area contributed by atoms with Crippen LogP contribution in [0.1, 0.15) is 33.2 Å². The Morgan fingerprint density at radius 1 is 1.09 bits per heavy atom. The Kier molecular flexibility index (Phi) is 5.54. The van der Waals surface area contributed by atoms with Gasteiger partial charge in [-0.25, -0.2) is 0 Å². The van der Waals surface area contributed by atoms with E-state index in [9.17, 15) is 9.59 Å². The number of Topliss-reactive ketones (excluding diaryl/α,β-unsaturated/α-hetero) is 1. The maximum atomic E-state index is 12.0. The lowest BCUT2D eigenvalue weighted by Crippen LogP contribution is -2.23. The molecule has 1 N–H and O–H groups in total. The van der Waals surface area contributed by atoms with E-state index in [0.717, 1.165) is 5.56 Å². The fraction of sp³-hybridized carbons (Fsp3) is 0.158. The van der Waals surface area contributed by atoms with Crippen molar-refractivity contribution >= 4 is 11.7 Å². The summed E-state index contributed by atoms with van der Waals surface area (Å²) in [6.07, 6.45) is 0. The molecule has 0 radical (unpaired) electrons. The molecule has 2 aromatic carbocycles. The molecule has 0 unspecified atom stereocenters. The summed E-state index contributed by atoms with van der Waals surface area (Å²) >= 11 is 0. The summed E-state index contributed by atoms with van der Waals surface area (Å²) in [5.74, 6) is 6.27. The molecule has 4 nitrogen and oxygen atoms in total. The van der Waals surface area contributed by atoms with Gasteiger partial charge in [-0.15, -0.1) is 0 Å². The Hall–Kier alpha value is -3.06. The Bertz CT molecular complexity index is 767. The first-order valence-electron chi connectivity index (χ1n) is 7.12. The third-order valence-corrected chi connectivity index (χ3v) is 3.19. The van der Waals surface area contributed by atoms with E-state index in [4.69, 9.17) is 4.74 Å². The lowest BCUT2D eigenvalue weighted by molar-refractivity contribution is 0.0957. The molecule has 0 aliphatic rings. The van der Waals surface area contributed by atoms with Gasteiger partial charge in [-0.3, -0.25) is 9.59 Å². The number of carbonyl (C=O) groups excluding carboxylic acids is 2. The van der Waals surface area contributed by atoms with Crippen LogP contribution in [0.2, 0.25) is 0 Å². The molecule has 0 spiro atoms. The molecule has 0 bridgehead atoms. The van der Waals surface area contributed by atoms with Gasteiger partial charge in [-0.2, -0.15) is 0 Å². The molecule has 0 saturated carbocycles. The van der Waals surface area contributed by atoms with Crippen molar-refractivity contribution in [2.45, 2.75) is 6.92 Å². The molecule has 1 amide bonds. The number of benzene rings is 2. The summed E-state index contributed by atoms with van der Waals surface area (Å²) in [7, 11) is 1.56. The number of carbonyl (C=O) groups is 2. The summed E-state index contributed by atoms with van der Waals surface area (Å²) in [4.78, 5) is 23.2. The Balaban J connectivity index is 1.92. The van der Waals surface area contributed by atoms with E-state index in [1.165, 1.54) is 6.92 Å². The molecule has 0 atom stereocenters. The molecule has 2 rings (SSSR count). The van der Waals surface area contributed by atoms with Gasteiger partial charge in [0.1, 0.15) is 5.75 Å². The Morgan fingerprint density at radius 2 is 1.83 bits per heavy atom. The molecule has 0 saturated heterocycles. The molecule has 116 valence electrons. The van der Waals surface area contributed by atoms with Crippen molar-refractivity contribution in [3.63, 3.8) is 0 Å². The second-order valence-corrected chi connectivity index (χ2v) is 4.85. The first-order chi connectivity index (χ1) is 11.1. The number of methoxy groups -OCH3 is 1. The highest BCUT2D eigenvalue weighted by Gasteiger charge is 2.04. The molecule has 0 aromatic heterocycles. The van der Waals surface area contributed by atoms with Crippen LogP contribution in [0, 0.1) is 11.8 Å². The fourth-order valence-electron chi connectivity index (χ4n) is 1.93. The highest BCUT2D eigenvalue weighted by molar-refractivity contribution is 5.95. The van der Waals surface area contributed by atoms with Crippen molar-refractivity contribution in [3.05, 3.63) is 65.2 Å². The van der Waals surface area contributed by atoms with Crippen LogP contribution in [-0.4, -0.2) is 25.3 Å². The van der Waals surface area contributed by atoms with E-state index >= 15 is 0 Å². The number of ether oxygens (including phenoxy) is 1. The number of amides is 1. The molecule has 23 heavy (non-hydrogen) atoms. The molecule has 0 heterocycles. The van der Waals surface area contributed by atoms with E-state index in [-0.39, 0.29) is 18.2 Å². The van der Waals surface area contributed by atoms with Crippen molar-refractivity contribution in [2.75, 3.05) is 13.7 Å². The van der Waals surface area contributed by atoms with Crippen molar-refractivity contribution in [2.24, 2.45) is 0 Å². The fourth-order valence-corrected chi connectivity index (χ4v) is 1.93. The molecule has 0 aliphatic carbocycles. The van der Waals surface area contributed by atoms with Crippen LogP contribution in [-0.2, 0) is 0 Å². The number of nitrogens with one attached hydrogen (secondary N) is 1. The molecular weight excluding hydrogens is 290 g/mol. The average molecular weight is 307 g/mol. The largest absolute Gasteiger partial charge is 0.497 e. The maximum Gasteiger partial charge on any atom is 0.252 e. The van der Waals surface area contributed by atoms with Gasteiger partial charge in [0.15, 0.2) is 5.78 Å². The first kappa shape index (κ1) is 16.3. The smallest absolute Gasteiger partial charge is 0.252 e. The molecule has 4 heteroatoms. The Labute approximate surface area is 135 Å². The lowest BCUT2D eigenvalue weighted by Gasteiger charge is -2.03. The molecular formula is C19H17NO3. The van der Waals surface area contributed by atoms with E-state index in [1.54, 1.807) is 55.6 Å². The number of hydrogen-bond donors (Lipinski definition) is 1. The van der Waals surface area contributed by atoms with Crippen LogP contribution in [0.25, 0.3) is 0 Å². The SMILES string of the molecule is COc1cccc(C(=O)NCC#Cc2ccc(C(C)=O)cc2)c1. The molecule has 2 aromatic rings. The normalized spacial score (nSPS) is 9.48. The van der Waals surface area contributed by atoms with E-state index in [1.807, 2.05) is 0 Å². The van der Waals surface area contributed by atoms with Gasteiger partial charge in [0.2, 0.25) is 0 Å². The van der Waals surface area contributed by atoms with Gasteiger partial charge < -0.3 is 10.1 Å². The summed E-state index contributed by atoms with van der Waals surface area (Å²) in [6, 6.07) is 14.0. The maximum absolute atomic E-state index is 12.0. The van der Waals surface area contributed by atoms with E-state index < -0.39 is 0 Å². The third-order valence-electron chi connectivity index (χ3n) is 3.19. The predicted octanol–water partition coefficient (Wildman–Crippen LogP) is 2.68. The highest BCUT2D eigenvalue weighted by Crippen LogP contribution is 2.12. The van der Waals surface area contributed by atoms with Crippen LogP contribution >= 0.6 is 0 Å². The van der Waals surface area contributed by atoms with Gasteiger partial charge in [0.25, 0.3) is 5.91 Å². The summed E-state index contributed by atoms with van der Waals surface area (Å²) in [6.45, 7) is 1.76. The van der Waals surface area contributed by atoms with Crippen molar-refractivity contribution in [3.8, 4) is 17.6 Å². The van der Waals surface area contributed by atoms with Gasteiger partial charge >= 0.3 is 0 Å². The standard InChI is InChI=1S/C19H17NO3/c1-14(21)16-10-8-15(9-11-16)5-4-12-20-19(22)17-6-3-7-18(13-17)23-2/h3,6-11,13H,12H2,1-2H3,(H,20,22). The predicted molar refractivity (Wildman–Crippen MR) is 88.7 cm³/mol. The summed E-state index contributed by atoms with van der Waals surface area (Å²) < 4.78 is 5.08. The Morgan fingerprint density at radius 3 is 2.48 bits per heavy atom. The second-order valence-electron chi connectivity index (χ2n) is 4.85. The third kappa shape index (κ3) is 4.72. The highest BCUT2D eigenvalue weighted by atomic mass is 16.5. The van der Waals surface area contributed by atoms with Crippen LogP contribution in [0.5, 0.6) is 5.75 Å². The summed E-state index contributed by atoms with van der Waals surface area (Å²) in [5.41, 5.74) is 1.98. The zero-order valence-corrected chi connectivity index (χ0v) is 13.1. The second kappa shape index (κ2) is 7.81. The van der Waals surface area contributed by atoms with Gasteiger partial charge in [-0.05, 0) is 37.3 Å². The van der Waals surface area contributed by atoms with E-state index in [2.05, 4.69) is 17.2 Å². The lowest BCUT2D eigenvalue weighted by atomic mass is 10.1. The van der Waals surface area contributed by atoms with E-state index in [0.29, 0.717) is 16.9 Å². The summed E-state index contributed by atoms with van der Waals surface area (Å²) in [5, 5.41) is 2.73. The zero-order valence-electron chi connectivity index (χ0n) is 13.1.